The van der Waals surface area contributed by atoms with Crippen molar-refractivity contribution in [1.29, 1.82) is 5.26 Å². The molecule has 0 spiro atoms. The smallest absolute Gasteiger partial charge is 0.225 e. The van der Waals surface area contributed by atoms with Crippen LogP contribution < -0.4 is 15.5 Å². The summed E-state index contributed by atoms with van der Waals surface area (Å²) in [5.74, 6) is -0.379. The van der Waals surface area contributed by atoms with Gasteiger partial charge in [0, 0.05) is 61.5 Å². The van der Waals surface area contributed by atoms with E-state index in [1.54, 1.807) is 25.4 Å². The van der Waals surface area contributed by atoms with Crippen molar-refractivity contribution in [1.82, 2.24) is 25.3 Å². The molecule has 10 heteroatoms. The fourth-order valence-electron chi connectivity index (χ4n) is 4.34. The Bertz CT molecular complexity index is 1450. The highest BCUT2D eigenvalue weighted by Gasteiger charge is 2.20. The number of nitrogens with one attached hydrogen (secondary N) is 2. The van der Waals surface area contributed by atoms with Crippen molar-refractivity contribution in [3.8, 4) is 17.3 Å². The lowest BCUT2D eigenvalue weighted by molar-refractivity contribution is 0.479. The van der Waals surface area contributed by atoms with E-state index < -0.39 is 17.7 Å². The minimum absolute atomic E-state index is 0.101. The third-order valence-corrected chi connectivity index (χ3v) is 6.19. The van der Waals surface area contributed by atoms with Crippen molar-refractivity contribution < 1.29 is 8.78 Å². The fourth-order valence-corrected chi connectivity index (χ4v) is 4.34. The minimum Gasteiger partial charge on any atom is -0.377 e. The number of piperazine rings is 1. The maximum atomic E-state index is 15.0. The first-order valence-electron chi connectivity index (χ1n) is 11.6. The number of hydrogen-bond acceptors (Lipinski definition) is 8. The highest BCUT2D eigenvalue weighted by molar-refractivity contribution is 5.89. The van der Waals surface area contributed by atoms with Gasteiger partial charge >= 0.3 is 0 Å². The first-order chi connectivity index (χ1) is 17.4. The zero-order valence-electron chi connectivity index (χ0n) is 19.8. The predicted molar refractivity (Wildman–Crippen MR) is 133 cm³/mol. The van der Waals surface area contributed by atoms with E-state index in [1.807, 2.05) is 6.07 Å². The van der Waals surface area contributed by atoms with Crippen LogP contribution in [0.2, 0.25) is 0 Å². The Morgan fingerprint density at radius 2 is 1.94 bits per heavy atom. The standard InChI is InChI=1S/C26H24F2N8/c1-15-14-36(8-7-30-15)26-32-12-18(13-33-26)24-21(28)10-23-25(35-24)22(5-6-31-23)34-16(2)19-9-17(11-29)3-4-20(19)27/h3-6,9-10,12-13,15-16,30H,7-8,14H2,1-2H3,(H,31,34)/t15-,16-/m1/s1. The number of pyridine rings is 2. The van der Waals surface area contributed by atoms with Crippen molar-refractivity contribution in [2.45, 2.75) is 25.9 Å². The topological polar surface area (TPSA) is 103 Å². The Balaban J connectivity index is 1.47. The molecule has 0 radical (unpaired) electrons. The summed E-state index contributed by atoms with van der Waals surface area (Å²) in [6, 6.07) is 9.10. The Morgan fingerprint density at radius 1 is 1.14 bits per heavy atom. The maximum Gasteiger partial charge on any atom is 0.225 e. The third kappa shape index (κ3) is 4.65. The van der Waals surface area contributed by atoms with Gasteiger partial charge in [-0.25, -0.2) is 23.7 Å². The van der Waals surface area contributed by atoms with E-state index in [9.17, 15) is 9.65 Å². The number of benzene rings is 1. The van der Waals surface area contributed by atoms with Gasteiger partial charge in [-0.2, -0.15) is 5.26 Å². The number of halogens is 2. The summed E-state index contributed by atoms with van der Waals surface area (Å²) in [5, 5.41) is 15.8. The zero-order valence-corrected chi connectivity index (χ0v) is 19.8. The van der Waals surface area contributed by atoms with Crippen molar-refractivity contribution in [3.63, 3.8) is 0 Å². The summed E-state index contributed by atoms with van der Waals surface area (Å²) in [7, 11) is 0. The Labute approximate surface area is 207 Å². The Kier molecular flexibility index (Phi) is 6.40. The van der Waals surface area contributed by atoms with E-state index in [0.29, 0.717) is 45.4 Å². The highest BCUT2D eigenvalue weighted by Crippen LogP contribution is 2.30. The van der Waals surface area contributed by atoms with Crippen LogP contribution in [0, 0.1) is 23.0 Å². The van der Waals surface area contributed by atoms with E-state index in [-0.39, 0.29) is 5.69 Å². The van der Waals surface area contributed by atoms with Crippen LogP contribution in [-0.2, 0) is 0 Å². The Morgan fingerprint density at radius 3 is 2.69 bits per heavy atom. The molecule has 1 fully saturated rings. The van der Waals surface area contributed by atoms with Crippen molar-refractivity contribution in [2.24, 2.45) is 0 Å². The minimum atomic E-state index is -0.542. The second kappa shape index (κ2) is 9.79. The molecule has 0 amide bonds. The maximum absolute atomic E-state index is 15.0. The van der Waals surface area contributed by atoms with Gasteiger partial charge in [0.1, 0.15) is 17.0 Å². The van der Waals surface area contributed by atoms with Crippen molar-refractivity contribution >= 4 is 22.7 Å². The van der Waals surface area contributed by atoms with Crippen LogP contribution in [0.3, 0.4) is 0 Å². The van der Waals surface area contributed by atoms with Gasteiger partial charge in [-0.3, -0.25) is 4.98 Å². The quantitative estimate of drug-likeness (QED) is 0.433. The van der Waals surface area contributed by atoms with Crippen LogP contribution >= 0.6 is 0 Å². The number of rotatable bonds is 5. The molecule has 2 atom stereocenters. The molecule has 2 N–H and O–H groups in total. The van der Waals surface area contributed by atoms with E-state index in [0.717, 1.165) is 19.6 Å². The van der Waals surface area contributed by atoms with Crippen LogP contribution in [0.15, 0.2) is 48.9 Å². The second-order valence-electron chi connectivity index (χ2n) is 8.83. The SMILES string of the molecule is C[C@@H]1CN(c2ncc(-c3nc4c(N[C@H](C)c5cc(C#N)ccc5F)ccnc4cc3F)cn2)CCN1. The number of nitriles is 1. The summed E-state index contributed by atoms with van der Waals surface area (Å²) in [4.78, 5) is 19.8. The molecule has 3 aromatic heterocycles. The number of anilines is 2. The lowest BCUT2D eigenvalue weighted by Gasteiger charge is -2.31. The lowest BCUT2D eigenvalue weighted by Crippen LogP contribution is -2.49. The van der Waals surface area contributed by atoms with Crippen LogP contribution in [0.25, 0.3) is 22.3 Å². The fraction of sp³-hybridized carbons (Fsp3) is 0.269. The number of fused-ring (bicyclic) bond motifs is 1. The van der Waals surface area contributed by atoms with Crippen LogP contribution in [-0.4, -0.2) is 45.6 Å². The van der Waals surface area contributed by atoms with Gasteiger partial charge in [-0.05, 0) is 38.1 Å². The first kappa shape index (κ1) is 23.5. The van der Waals surface area contributed by atoms with Crippen LogP contribution in [0.1, 0.15) is 31.0 Å². The molecule has 0 saturated carbocycles. The van der Waals surface area contributed by atoms with Gasteiger partial charge in [0.2, 0.25) is 5.95 Å². The van der Waals surface area contributed by atoms with E-state index in [4.69, 9.17) is 0 Å². The highest BCUT2D eigenvalue weighted by atomic mass is 19.1. The van der Waals surface area contributed by atoms with Gasteiger partial charge in [0.25, 0.3) is 0 Å². The van der Waals surface area contributed by atoms with Gasteiger partial charge in [0.15, 0.2) is 5.82 Å². The van der Waals surface area contributed by atoms with Crippen LogP contribution in [0.4, 0.5) is 20.4 Å². The molecule has 4 aromatic rings. The lowest BCUT2D eigenvalue weighted by atomic mass is 10.0. The predicted octanol–water partition coefficient (Wildman–Crippen LogP) is 4.21. The second-order valence-corrected chi connectivity index (χ2v) is 8.83. The summed E-state index contributed by atoms with van der Waals surface area (Å²) < 4.78 is 29.5. The van der Waals surface area contributed by atoms with Crippen LogP contribution in [0.5, 0.6) is 0 Å². The van der Waals surface area contributed by atoms with Gasteiger partial charge in [-0.1, -0.05) is 0 Å². The number of aromatic nitrogens is 4. The van der Waals surface area contributed by atoms with Crippen molar-refractivity contribution in [3.05, 3.63) is 71.7 Å². The van der Waals surface area contributed by atoms with E-state index in [2.05, 4.69) is 42.4 Å². The molecule has 36 heavy (non-hydrogen) atoms. The largest absolute Gasteiger partial charge is 0.377 e. The summed E-state index contributed by atoms with van der Waals surface area (Å²) in [6.45, 7) is 6.31. The molecule has 8 nitrogen and oxygen atoms in total. The van der Waals surface area contributed by atoms with Crippen molar-refractivity contribution in [2.75, 3.05) is 29.9 Å². The molecule has 0 aliphatic carbocycles. The Hall–Kier alpha value is -4.23. The molecular weight excluding hydrogens is 462 g/mol. The number of nitrogens with zero attached hydrogens (tertiary/aromatic N) is 6. The number of hydrogen-bond donors (Lipinski definition) is 2. The molecule has 0 unspecified atom stereocenters. The van der Waals surface area contributed by atoms with Gasteiger partial charge in [-0.15, -0.1) is 0 Å². The molecule has 1 aliphatic heterocycles. The third-order valence-electron chi connectivity index (χ3n) is 6.19. The zero-order chi connectivity index (χ0) is 25.2. The molecule has 1 saturated heterocycles. The first-order valence-corrected chi connectivity index (χ1v) is 11.6. The molecule has 1 aliphatic rings. The van der Waals surface area contributed by atoms with E-state index in [1.165, 1.54) is 30.5 Å². The normalized spacial score (nSPS) is 16.5. The molecule has 0 bridgehead atoms. The summed E-state index contributed by atoms with van der Waals surface area (Å²) in [6.07, 6.45) is 4.68. The molecule has 182 valence electrons. The molecular formula is C26H24F2N8. The van der Waals surface area contributed by atoms with Gasteiger partial charge in [0.05, 0.1) is 28.9 Å². The average molecular weight is 487 g/mol. The van der Waals surface area contributed by atoms with E-state index >= 15 is 4.39 Å². The van der Waals surface area contributed by atoms with Gasteiger partial charge < -0.3 is 15.5 Å². The summed E-state index contributed by atoms with van der Waals surface area (Å²) in [5.41, 5.74) is 2.59. The molecule has 5 rings (SSSR count). The molecule has 1 aromatic carbocycles. The monoisotopic (exact) mass is 486 g/mol. The average Bonchev–Trinajstić information content (AvgIpc) is 2.89. The summed E-state index contributed by atoms with van der Waals surface area (Å²) >= 11 is 0. The molecule has 4 heterocycles.